The van der Waals surface area contributed by atoms with Crippen molar-refractivity contribution >= 4 is 28.8 Å². The molecule has 2 fully saturated rings. The highest BCUT2D eigenvalue weighted by atomic mass is 35.5. The first-order valence-corrected chi connectivity index (χ1v) is 12.0. The zero-order valence-electron chi connectivity index (χ0n) is 19.3. The number of carbonyl (C=O) groups excluding carboxylic acids is 1. The fourth-order valence-electron chi connectivity index (χ4n) is 5.16. The maximum atomic E-state index is 12.4. The smallest absolute Gasteiger partial charge is 0.252 e. The van der Waals surface area contributed by atoms with Gasteiger partial charge >= 0.3 is 0 Å². The van der Waals surface area contributed by atoms with Crippen molar-refractivity contribution in [3.63, 3.8) is 0 Å². The normalized spacial score (nSPS) is 21.4. The number of anilines is 1. The van der Waals surface area contributed by atoms with E-state index in [-0.39, 0.29) is 18.0 Å². The summed E-state index contributed by atoms with van der Waals surface area (Å²) in [4.78, 5) is 23.7. The molecule has 0 atom stereocenters. The number of aliphatic hydroxyl groups is 1. The van der Waals surface area contributed by atoms with Gasteiger partial charge in [0.1, 0.15) is 0 Å². The minimum Gasteiger partial charge on any atom is -0.390 e. The second-order valence-corrected chi connectivity index (χ2v) is 10.2. The largest absolute Gasteiger partial charge is 0.390 e. The molecule has 1 aliphatic carbocycles. The summed E-state index contributed by atoms with van der Waals surface area (Å²) in [5.41, 5.74) is 8.24. The number of primary amides is 1. The molecule has 0 bridgehead atoms. The summed E-state index contributed by atoms with van der Waals surface area (Å²) in [5, 5.41) is 15.3. The molecule has 0 spiro atoms. The molecule has 10 heteroatoms. The van der Waals surface area contributed by atoms with Crippen LogP contribution in [0, 0.1) is 5.92 Å². The van der Waals surface area contributed by atoms with Crippen LogP contribution in [0.4, 0.5) is 5.69 Å². The number of halogens is 1. The topological polar surface area (TPSA) is 119 Å². The van der Waals surface area contributed by atoms with E-state index in [0.717, 1.165) is 36.9 Å². The van der Waals surface area contributed by atoms with E-state index in [9.17, 15) is 9.90 Å². The van der Waals surface area contributed by atoms with Gasteiger partial charge in [0.15, 0.2) is 5.65 Å². The molecule has 34 heavy (non-hydrogen) atoms. The van der Waals surface area contributed by atoms with Gasteiger partial charge in [-0.25, -0.2) is 9.50 Å². The number of rotatable bonds is 6. The van der Waals surface area contributed by atoms with Gasteiger partial charge in [0.05, 0.1) is 64.8 Å². The van der Waals surface area contributed by atoms with E-state index in [1.165, 1.54) is 0 Å². The number of hydrogen-bond donors (Lipinski definition) is 2. The minimum atomic E-state index is -0.697. The third-order valence-corrected chi connectivity index (χ3v) is 7.32. The maximum Gasteiger partial charge on any atom is 0.252 e. The van der Waals surface area contributed by atoms with Gasteiger partial charge in [-0.3, -0.25) is 9.78 Å². The molecule has 0 radical (unpaired) electrons. The molecule has 2 aliphatic rings. The minimum absolute atomic E-state index is 0.151. The SMILES string of the molecule is CC(C)(O)C1CCC(N(c2cc(-c3cnn4cc(Cl)cnc34)ncc2C(N)=O)C2COC2)CC1. The number of pyridine rings is 1. The van der Waals surface area contributed by atoms with Crippen molar-refractivity contribution in [2.75, 3.05) is 18.1 Å². The molecular formula is C24H29ClN6O3. The molecular weight excluding hydrogens is 456 g/mol. The predicted octanol–water partition coefficient (Wildman–Crippen LogP) is 3.08. The van der Waals surface area contributed by atoms with Crippen LogP contribution in [0.15, 0.2) is 30.9 Å². The summed E-state index contributed by atoms with van der Waals surface area (Å²) in [7, 11) is 0. The van der Waals surface area contributed by atoms with Crippen LogP contribution in [0.5, 0.6) is 0 Å². The van der Waals surface area contributed by atoms with Crippen molar-refractivity contribution in [2.45, 2.75) is 57.2 Å². The Balaban J connectivity index is 1.55. The summed E-state index contributed by atoms with van der Waals surface area (Å²) in [5.74, 6) is -0.266. The van der Waals surface area contributed by atoms with Crippen molar-refractivity contribution in [3.8, 4) is 11.3 Å². The van der Waals surface area contributed by atoms with Gasteiger partial charge in [0.25, 0.3) is 5.91 Å². The molecule has 3 aromatic heterocycles. The summed E-state index contributed by atoms with van der Waals surface area (Å²) in [6.45, 7) is 4.96. The first kappa shape index (κ1) is 23.0. The fourth-order valence-corrected chi connectivity index (χ4v) is 5.31. The van der Waals surface area contributed by atoms with Gasteiger partial charge < -0.3 is 20.5 Å². The van der Waals surface area contributed by atoms with Gasteiger partial charge in [-0.1, -0.05) is 11.6 Å². The van der Waals surface area contributed by atoms with E-state index in [0.29, 0.717) is 35.1 Å². The molecule has 0 aromatic carbocycles. The van der Waals surface area contributed by atoms with E-state index in [1.807, 2.05) is 19.9 Å². The highest BCUT2D eigenvalue weighted by molar-refractivity contribution is 6.30. The van der Waals surface area contributed by atoms with Crippen LogP contribution >= 0.6 is 11.6 Å². The lowest BCUT2D eigenvalue weighted by atomic mass is 9.76. The van der Waals surface area contributed by atoms with Gasteiger partial charge in [-0.05, 0) is 51.5 Å². The molecule has 3 aromatic rings. The molecule has 9 nitrogen and oxygen atoms in total. The van der Waals surface area contributed by atoms with E-state index in [1.54, 1.807) is 29.3 Å². The molecule has 0 unspecified atom stereocenters. The average molecular weight is 485 g/mol. The second kappa shape index (κ2) is 8.79. The standard InChI is InChI=1S/C24H29ClN6O3/c1-24(2,33)14-3-5-16(6-4-14)31(17-12-34-13-17)21-7-20(27-9-19(21)22(26)32)18-10-29-30-11-15(25)8-28-23(18)30/h7-11,14,16-17,33H,3-6,12-13H2,1-2H3,(H2,26,32). The van der Waals surface area contributed by atoms with Crippen LogP contribution in [-0.4, -0.2) is 61.5 Å². The third kappa shape index (κ3) is 4.23. The molecule has 1 amide bonds. The van der Waals surface area contributed by atoms with E-state index < -0.39 is 11.5 Å². The number of carbonyl (C=O) groups is 1. The molecule has 5 rings (SSSR count). The lowest BCUT2D eigenvalue weighted by Gasteiger charge is -2.47. The summed E-state index contributed by atoms with van der Waals surface area (Å²) >= 11 is 6.05. The van der Waals surface area contributed by atoms with E-state index >= 15 is 0 Å². The lowest BCUT2D eigenvalue weighted by molar-refractivity contribution is -0.0127. The van der Waals surface area contributed by atoms with Crippen LogP contribution in [-0.2, 0) is 4.74 Å². The second-order valence-electron chi connectivity index (χ2n) is 9.81. The van der Waals surface area contributed by atoms with Gasteiger partial charge in [-0.15, -0.1) is 0 Å². The first-order chi connectivity index (χ1) is 16.2. The van der Waals surface area contributed by atoms with Crippen LogP contribution in [0.25, 0.3) is 16.9 Å². The Morgan fingerprint density at radius 1 is 1.18 bits per heavy atom. The van der Waals surface area contributed by atoms with Crippen molar-refractivity contribution in [3.05, 3.63) is 41.4 Å². The Kier molecular flexibility index (Phi) is 5.95. The van der Waals surface area contributed by atoms with Crippen LogP contribution < -0.4 is 10.6 Å². The fraction of sp³-hybridized carbons (Fsp3) is 0.500. The zero-order chi connectivity index (χ0) is 24.0. The van der Waals surface area contributed by atoms with Crippen LogP contribution in [0.1, 0.15) is 49.9 Å². The molecule has 3 N–H and O–H groups in total. The van der Waals surface area contributed by atoms with Crippen molar-refractivity contribution in [1.29, 1.82) is 0 Å². The Morgan fingerprint density at radius 3 is 2.53 bits per heavy atom. The maximum absolute atomic E-state index is 12.4. The van der Waals surface area contributed by atoms with Crippen LogP contribution in [0.2, 0.25) is 5.02 Å². The molecule has 1 saturated carbocycles. The zero-order valence-corrected chi connectivity index (χ0v) is 20.1. The van der Waals surface area contributed by atoms with Crippen LogP contribution in [0.3, 0.4) is 0 Å². The molecule has 4 heterocycles. The molecule has 1 saturated heterocycles. The van der Waals surface area contributed by atoms with Gasteiger partial charge in [0, 0.05) is 18.4 Å². The van der Waals surface area contributed by atoms with Crippen molar-refractivity contribution in [2.24, 2.45) is 11.7 Å². The van der Waals surface area contributed by atoms with E-state index in [4.69, 9.17) is 22.1 Å². The Bertz CT molecular complexity index is 1210. The first-order valence-electron chi connectivity index (χ1n) is 11.6. The Labute approximate surface area is 202 Å². The summed E-state index contributed by atoms with van der Waals surface area (Å²) < 4.78 is 7.13. The Hall–Kier alpha value is -2.75. The monoisotopic (exact) mass is 484 g/mol. The molecule has 1 aliphatic heterocycles. The summed E-state index contributed by atoms with van der Waals surface area (Å²) in [6.07, 6.45) is 10.2. The Morgan fingerprint density at radius 2 is 1.91 bits per heavy atom. The lowest BCUT2D eigenvalue weighted by Crippen LogP contribution is -2.55. The number of amides is 1. The number of nitrogens with two attached hydrogens (primary N) is 1. The highest BCUT2D eigenvalue weighted by Crippen LogP contribution is 2.39. The predicted molar refractivity (Wildman–Crippen MR) is 129 cm³/mol. The number of nitrogens with zero attached hydrogens (tertiary/aromatic N) is 5. The van der Waals surface area contributed by atoms with Gasteiger partial charge in [-0.2, -0.15) is 5.10 Å². The quantitative estimate of drug-likeness (QED) is 0.551. The third-order valence-electron chi connectivity index (χ3n) is 7.13. The highest BCUT2D eigenvalue weighted by Gasteiger charge is 2.38. The van der Waals surface area contributed by atoms with E-state index in [2.05, 4.69) is 20.0 Å². The summed E-state index contributed by atoms with van der Waals surface area (Å²) in [6, 6.07) is 2.27. The molecule has 180 valence electrons. The van der Waals surface area contributed by atoms with Gasteiger partial charge in [0.2, 0.25) is 0 Å². The van der Waals surface area contributed by atoms with Crippen molar-refractivity contribution < 1.29 is 14.6 Å². The number of hydrogen-bond acceptors (Lipinski definition) is 7. The number of ether oxygens (including phenoxy) is 1. The van der Waals surface area contributed by atoms with Crippen molar-refractivity contribution in [1.82, 2.24) is 19.6 Å². The number of fused-ring (bicyclic) bond motifs is 1. The number of aromatic nitrogens is 4. The average Bonchev–Trinajstić information content (AvgIpc) is 3.18.